The largest absolute Gasteiger partial charge is 0.341 e. The van der Waals surface area contributed by atoms with Gasteiger partial charge in [0.05, 0.1) is 11.0 Å². The molecule has 1 heterocycles. The fourth-order valence-corrected chi connectivity index (χ4v) is 3.61. The Balaban J connectivity index is 1.71. The molecule has 1 aromatic heterocycles. The molecule has 0 saturated heterocycles. The summed E-state index contributed by atoms with van der Waals surface area (Å²) in [6, 6.07) is 16.7. The van der Waals surface area contributed by atoms with Gasteiger partial charge in [0.25, 0.3) is 11.6 Å². The fraction of sp³-hybridized carbons (Fsp3) is 0.0455. The molecule has 0 fully saturated rings. The van der Waals surface area contributed by atoms with E-state index in [4.69, 9.17) is 0 Å². The summed E-state index contributed by atoms with van der Waals surface area (Å²) in [7, 11) is 0. The van der Waals surface area contributed by atoms with Crippen molar-refractivity contribution in [3.05, 3.63) is 116 Å². The van der Waals surface area contributed by atoms with E-state index in [0.29, 0.717) is 10.0 Å². The Kier molecular flexibility index (Phi) is 6.04. The van der Waals surface area contributed by atoms with Crippen LogP contribution in [0.25, 0.3) is 5.69 Å². The number of carbonyl (C=O) groups excluding carboxylic acids is 1. The predicted octanol–water partition coefficient (Wildman–Crippen LogP) is 4.60. The maximum Gasteiger partial charge on any atom is 0.295 e. The van der Waals surface area contributed by atoms with Crippen LogP contribution in [0.3, 0.4) is 0 Å². The number of nitrogens with one attached hydrogen (secondary N) is 1. The number of nitro groups is 1. The van der Waals surface area contributed by atoms with Crippen LogP contribution in [0.2, 0.25) is 0 Å². The molecule has 0 saturated carbocycles. The van der Waals surface area contributed by atoms with Gasteiger partial charge in [-0.3, -0.25) is 14.9 Å². The van der Waals surface area contributed by atoms with Crippen molar-refractivity contribution >= 4 is 27.5 Å². The van der Waals surface area contributed by atoms with Crippen molar-refractivity contribution in [1.29, 1.82) is 0 Å². The van der Waals surface area contributed by atoms with Gasteiger partial charge in [-0.05, 0) is 29.8 Å². The molecule has 0 aliphatic heterocycles. The van der Waals surface area contributed by atoms with E-state index in [9.17, 15) is 19.3 Å². The zero-order valence-corrected chi connectivity index (χ0v) is 17.9. The highest BCUT2D eigenvalue weighted by molar-refractivity contribution is 9.10. The molecule has 8 nitrogen and oxygen atoms in total. The number of halogens is 2. The normalized spacial score (nSPS) is 11.7. The van der Waals surface area contributed by atoms with Gasteiger partial charge in [0, 0.05) is 21.7 Å². The van der Waals surface area contributed by atoms with E-state index in [1.807, 2.05) is 6.07 Å². The van der Waals surface area contributed by atoms with Gasteiger partial charge in [0.15, 0.2) is 0 Å². The summed E-state index contributed by atoms with van der Waals surface area (Å²) in [4.78, 5) is 27.8. The number of nitrogens with zero attached hydrogens (tertiary/aromatic N) is 4. The summed E-state index contributed by atoms with van der Waals surface area (Å²) in [5.74, 6) is -1.09. The summed E-state index contributed by atoms with van der Waals surface area (Å²) >= 11 is 3.23. The standard InChI is InChI=1S/C22H15BrFN5O3/c23-16-7-8-17(18(24)11-16)21(14-4-2-1-3-5-14)27-22(30)15-6-9-19(20(10-15)29(31)32)28-13-25-12-26-28/h1-13,21H,(H,27,30). The summed E-state index contributed by atoms with van der Waals surface area (Å²) in [6.45, 7) is 0. The molecule has 4 aromatic rings. The van der Waals surface area contributed by atoms with Gasteiger partial charge in [-0.15, -0.1) is 0 Å². The molecule has 1 amide bonds. The van der Waals surface area contributed by atoms with Gasteiger partial charge < -0.3 is 5.32 Å². The van der Waals surface area contributed by atoms with Crippen LogP contribution in [0.5, 0.6) is 0 Å². The van der Waals surface area contributed by atoms with Crippen molar-refractivity contribution in [2.75, 3.05) is 0 Å². The Bertz CT molecular complexity index is 1280. The Morgan fingerprint density at radius 1 is 1.12 bits per heavy atom. The number of aromatic nitrogens is 3. The topological polar surface area (TPSA) is 103 Å². The number of benzene rings is 3. The number of nitro benzene ring substituents is 1. The molecule has 1 N–H and O–H groups in total. The van der Waals surface area contributed by atoms with Crippen LogP contribution in [0.15, 0.2) is 83.9 Å². The van der Waals surface area contributed by atoms with Gasteiger partial charge in [0.2, 0.25) is 0 Å². The summed E-state index contributed by atoms with van der Waals surface area (Å²) < 4.78 is 16.5. The Hall–Kier alpha value is -3.92. The molecule has 0 aliphatic carbocycles. The maximum atomic E-state index is 14.7. The molecule has 0 aliphatic rings. The monoisotopic (exact) mass is 495 g/mol. The molecular weight excluding hydrogens is 481 g/mol. The van der Waals surface area contributed by atoms with Gasteiger partial charge in [0.1, 0.15) is 24.2 Å². The van der Waals surface area contributed by atoms with E-state index in [-0.39, 0.29) is 22.5 Å². The van der Waals surface area contributed by atoms with Crippen LogP contribution in [-0.2, 0) is 0 Å². The maximum absolute atomic E-state index is 14.7. The second-order valence-corrected chi connectivity index (χ2v) is 7.70. The van der Waals surface area contributed by atoms with Crippen molar-refractivity contribution in [2.45, 2.75) is 6.04 Å². The molecule has 1 atom stereocenters. The molecule has 10 heteroatoms. The quantitative estimate of drug-likeness (QED) is 0.311. The molecule has 3 aromatic carbocycles. The number of rotatable bonds is 6. The van der Waals surface area contributed by atoms with Crippen molar-refractivity contribution in [1.82, 2.24) is 20.1 Å². The lowest BCUT2D eigenvalue weighted by Gasteiger charge is -2.21. The molecule has 0 spiro atoms. The average molecular weight is 496 g/mol. The van der Waals surface area contributed by atoms with E-state index >= 15 is 0 Å². The summed E-state index contributed by atoms with van der Waals surface area (Å²) in [5.41, 5.74) is 0.841. The highest BCUT2D eigenvalue weighted by Crippen LogP contribution is 2.28. The predicted molar refractivity (Wildman–Crippen MR) is 118 cm³/mol. The number of hydrogen-bond acceptors (Lipinski definition) is 5. The summed E-state index contributed by atoms with van der Waals surface area (Å²) in [5, 5.41) is 18.3. The third kappa shape index (κ3) is 4.40. The second kappa shape index (κ2) is 9.06. The SMILES string of the molecule is O=C(NC(c1ccccc1)c1ccc(Br)cc1F)c1ccc(-n2cncn2)c([N+](=O)[O-])c1. The third-order valence-electron chi connectivity index (χ3n) is 4.78. The summed E-state index contributed by atoms with van der Waals surface area (Å²) in [6.07, 6.45) is 2.57. The van der Waals surface area contributed by atoms with Gasteiger partial charge >= 0.3 is 0 Å². The highest BCUT2D eigenvalue weighted by atomic mass is 79.9. The smallest absolute Gasteiger partial charge is 0.295 e. The van der Waals surface area contributed by atoms with E-state index in [2.05, 4.69) is 31.3 Å². The van der Waals surface area contributed by atoms with E-state index in [0.717, 1.165) is 6.07 Å². The van der Waals surface area contributed by atoms with Crippen molar-refractivity contribution in [2.24, 2.45) is 0 Å². The lowest BCUT2D eigenvalue weighted by atomic mass is 9.97. The zero-order chi connectivity index (χ0) is 22.7. The Morgan fingerprint density at radius 2 is 1.91 bits per heavy atom. The van der Waals surface area contributed by atoms with Crippen LogP contribution < -0.4 is 5.32 Å². The molecule has 4 rings (SSSR count). The minimum absolute atomic E-state index is 0.0546. The third-order valence-corrected chi connectivity index (χ3v) is 5.27. The van der Waals surface area contributed by atoms with Crippen LogP contribution >= 0.6 is 15.9 Å². The van der Waals surface area contributed by atoms with E-state index in [1.165, 1.54) is 35.5 Å². The molecule has 1 unspecified atom stereocenters. The van der Waals surface area contributed by atoms with Crippen LogP contribution in [0, 0.1) is 15.9 Å². The van der Waals surface area contributed by atoms with E-state index in [1.54, 1.807) is 36.4 Å². The first-order valence-electron chi connectivity index (χ1n) is 9.38. The van der Waals surface area contributed by atoms with Gasteiger partial charge in [-0.25, -0.2) is 14.1 Å². The minimum atomic E-state index is -0.800. The van der Waals surface area contributed by atoms with Crippen molar-refractivity contribution in [3.63, 3.8) is 0 Å². The van der Waals surface area contributed by atoms with Crippen LogP contribution in [0.1, 0.15) is 27.5 Å². The minimum Gasteiger partial charge on any atom is -0.341 e. The Labute approximate surface area is 190 Å². The average Bonchev–Trinajstić information content (AvgIpc) is 3.33. The van der Waals surface area contributed by atoms with E-state index < -0.39 is 22.7 Å². The molecule has 0 radical (unpaired) electrons. The van der Waals surface area contributed by atoms with Crippen LogP contribution in [0.4, 0.5) is 10.1 Å². The van der Waals surface area contributed by atoms with Crippen LogP contribution in [-0.4, -0.2) is 25.6 Å². The second-order valence-electron chi connectivity index (χ2n) is 6.78. The molecule has 32 heavy (non-hydrogen) atoms. The highest BCUT2D eigenvalue weighted by Gasteiger charge is 2.24. The molecular formula is C22H15BrFN5O3. The fourth-order valence-electron chi connectivity index (χ4n) is 3.27. The number of hydrogen-bond donors (Lipinski definition) is 1. The molecule has 160 valence electrons. The van der Waals surface area contributed by atoms with Gasteiger partial charge in [-0.1, -0.05) is 52.3 Å². The lowest BCUT2D eigenvalue weighted by Crippen LogP contribution is -2.30. The first-order chi connectivity index (χ1) is 15.4. The van der Waals surface area contributed by atoms with Gasteiger partial charge in [-0.2, -0.15) is 5.10 Å². The van der Waals surface area contributed by atoms with Crippen molar-refractivity contribution in [3.8, 4) is 5.69 Å². The Morgan fingerprint density at radius 3 is 2.56 bits per heavy atom. The number of carbonyl (C=O) groups is 1. The first kappa shape index (κ1) is 21.3. The van der Waals surface area contributed by atoms with Crippen molar-refractivity contribution < 1.29 is 14.1 Å². The lowest BCUT2D eigenvalue weighted by molar-refractivity contribution is -0.384. The zero-order valence-electron chi connectivity index (χ0n) is 16.4. The molecule has 0 bridgehead atoms. The first-order valence-corrected chi connectivity index (χ1v) is 10.2. The number of amides is 1.